The third-order valence-electron chi connectivity index (χ3n) is 1.25. The van der Waals surface area contributed by atoms with Crippen LogP contribution in [0.25, 0.3) is 0 Å². The summed E-state index contributed by atoms with van der Waals surface area (Å²) in [5.74, 6) is -0.392. The highest BCUT2D eigenvalue weighted by Gasteiger charge is 2.05. The predicted octanol–water partition coefficient (Wildman–Crippen LogP) is 1.24. The van der Waals surface area contributed by atoms with Crippen LogP contribution < -0.4 is 0 Å². The zero-order valence-corrected chi connectivity index (χ0v) is 6.38. The lowest BCUT2D eigenvalue weighted by Crippen LogP contribution is -2.12. The molecule has 11 heavy (non-hydrogen) atoms. The molecule has 56 valence electrons. The molecular formula is C7H5ClN2O. The number of nitrogens with zero attached hydrogens (tertiary/aromatic N) is 2. The van der Waals surface area contributed by atoms with Crippen LogP contribution in [0.1, 0.15) is 10.5 Å². The fourth-order valence-electron chi connectivity index (χ4n) is 0.754. The molecule has 4 heteroatoms. The van der Waals surface area contributed by atoms with Crippen LogP contribution in [0.15, 0.2) is 18.3 Å². The summed E-state index contributed by atoms with van der Waals surface area (Å²) in [6, 6.07) is 5.06. The SMILES string of the molecule is N#Cc1cccn1C(=O)CCl. The van der Waals surface area contributed by atoms with Crippen LogP contribution >= 0.6 is 11.6 Å². The minimum absolute atomic E-state index is 0.108. The van der Waals surface area contributed by atoms with Crippen LogP contribution in [0, 0.1) is 11.3 Å². The van der Waals surface area contributed by atoms with Gasteiger partial charge in [0.1, 0.15) is 17.6 Å². The van der Waals surface area contributed by atoms with Crippen molar-refractivity contribution in [1.82, 2.24) is 4.57 Å². The molecule has 0 unspecified atom stereocenters. The highest BCUT2D eigenvalue weighted by molar-refractivity contribution is 6.27. The molecule has 1 heterocycles. The molecular weight excluding hydrogens is 164 g/mol. The Morgan fingerprint density at radius 3 is 3.09 bits per heavy atom. The highest BCUT2D eigenvalue weighted by Crippen LogP contribution is 2.00. The van der Waals surface area contributed by atoms with Gasteiger partial charge in [0.05, 0.1) is 0 Å². The summed E-state index contributed by atoms with van der Waals surface area (Å²) in [5.41, 5.74) is 0.315. The number of nitriles is 1. The molecule has 1 rings (SSSR count). The minimum Gasteiger partial charge on any atom is -0.277 e. The predicted molar refractivity (Wildman–Crippen MR) is 40.5 cm³/mol. The van der Waals surface area contributed by atoms with E-state index in [2.05, 4.69) is 0 Å². The van der Waals surface area contributed by atoms with Crippen molar-refractivity contribution in [1.29, 1.82) is 5.26 Å². The average Bonchev–Trinajstić information content (AvgIpc) is 2.50. The van der Waals surface area contributed by atoms with Gasteiger partial charge in [0.15, 0.2) is 0 Å². The number of hydrogen-bond acceptors (Lipinski definition) is 2. The van der Waals surface area contributed by atoms with E-state index in [1.54, 1.807) is 12.1 Å². The van der Waals surface area contributed by atoms with Crippen LogP contribution in [0.5, 0.6) is 0 Å². The summed E-state index contributed by atoms with van der Waals surface area (Å²) in [4.78, 5) is 10.9. The lowest BCUT2D eigenvalue weighted by atomic mass is 10.5. The summed E-state index contributed by atoms with van der Waals surface area (Å²) in [7, 11) is 0. The summed E-state index contributed by atoms with van der Waals surface area (Å²) in [6.07, 6.45) is 1.52. The third kappa shape index (κ3) is 1.41. The molecule has 1 aromatic heterocycles. The summed E-state index contributed by atoms with van der Waals surface area (Å²) >= 11 is 5.29. The fourth-order valence-corrected chi connectivity index (χ4v) is 0.883. The highest BCUT2D eigenvalue weighted by atomic mass is 35.5. The van der Waals surface area contributed by atoms with Crippen molar-refractivity contribution in [3.63, 3.8) is 0 Å². The monoisotopic (exact) mass is 168 g/mol. The van der Waals surface area contributed by atoms with Gasteiger partial charge >= 0.3 is 0 Å². The van der Waals surface area contributed by atoms with Crippen molar-refractivity contribution in [2.24, 2.45) is 0 Å². The summed E-state index contributed by atoms with van der Waals surface area (Å²) in [5, 5.41) is 8.49. The van der Waals surface area contributed by atoms with Gasteiger partial charge in [0, 0.05) is 6.20 Å². The van der Waals surface area contributed by atoms with E-state index in [0.717, 1.165) is 0 Å². The van der Waals surface area contributed by atoms with Crippen molar-refractivity contribution in [3.05, 3.63) is 24.0 Å². The van der Waals surface area contributed by atoms with E-state index < -0.39 is 0 Å². The maximum absolute atomic E-state index is 10.9. The maximum atomic E-state index is 10.9. The Labute approximate surface area is 68.8 Å². The first-order valence-electron chi connectivity index (χ1n) is 2.96. The van der Waals surface area contributed by atoms with Crippen molar-refractivity contribution in [2.75, 3.05) is 5.88 Å². The topological polar surface area (TPSA) is 45.8 Å². The fraction of sp³-hybridized carbons (Fsp3) is 0.143. The van der Waals surface area contributed by atoms with E-state index in [0.29, 0.717) is 5.69 Å². The summed E-state index contributed by atoms with van der Waals surface area (Å²) in [6.45, 7) is 0. The van der Waals surface area contributed by atoms with Crippen LogP contribution in [0.3, 0.4) is 0 Å². The summed E-state index contributed by atoms with van der Waals surface area (Å²) < 4.78 is 1.23. The Bertz CT molecular complexity index is 310. The number of aromatic nitrogens is 1. The van der Waals surface area contributed by atoms with Crippen LogP contribution in [0.4, 0.5) is 0 Å². The maximum Gasteiger partial charge on any atom is 0.246 e. The molecule has 0 saturated carbocycles. The number of carbonyl (C=O) groups excluding carboxylic acids is 1. The normalized spacial score (nSPS) is 9.09. The Morgan fingerprint density at radius 2 is 2.55 bits per heavy atom. The molecule has 0 saturated heterocycles. The van der Waals surface area contributed by atoms with Crippen LogP contribution in [0.2, 0.25) is 0 Å². The molecule has 0 aliphatic carbocycles. The second-order valence-electron chi connectivity index (χ2n) is 1.90. The Balaban J connectivity index is 3.05. The molecule has 0 amide bonds. The van der Waals surface area contributed by atoms with E-state index in [4.69, 9.17) is 16.9 Å². The molecule has 0 atom stereocenters. The largest absolute Gasteiger partial charge is 0.277 e. The van der Waals surface area contributed by atoms with Gasteiger partial charge < -0.3 is 0 Å². The zero-order valence-electron chi connectivity index (χ0n) is 5.62. The average molecular weight is 169 g/mol. The van der Waals surface area contributed by atoms with Gasteiger partial charge in [-0.15, -0.1) is 11.6 Å². The van der Waals surface area contributed by atoms with Crippen LogP contribution in [-0.4, -0.2) is 16.4 Å². The number of rotatable bonds is 1. The van der Waals surface area contributed by atoms with Crippen molar-refractivity contribution in [2.45, 2.75) is 0 Å². The van der Waals surface area contributed by atoms with Crippen molar-refractivity contribution in [3.8, 4) is 6.07 Å². The van der Waals surface area contributed by atoms with Gasteiger partial charge in [-0.25, -0.2) is 0 Å². The minimum atomic E-state index is -0.284. The van der Waals surface area contributed by atoms with E-state index in [-0.39, 0.29) is 11.8 Å². The Kier molecular flexibility index (Phi) is 2.29. The van der Waals surface area contributed by atoms with E-state index in [9.17, 15) is 4.79 Å². The van der Waals surface area contributed by atoms with E-state index in [1.165, 1.54) is 10.8 Å². The molecule has 0 fully saturated rings. The van der Waals surface area contributed by atoms with Crippen molar-refractivity contribution < 1.29 is 4.79 Å². The molecule has 0 aromatic carbocycles. The number of alkyl halides is 1. The first-order valence-corrected chi connectivity index (χ1v) is 3.49. The first kappa shape index (κ1) is 7.83. The van der Waals surface area contributed by atoms with Crippen molar-refractivity contribution >= 4 is 17.5 Å². The third-order valence-corrected chi connectivity index (χ3v) is 1.47. The molecule has 0 bridgehead atoms. The number of carbonyl (C=O) groups is 1. The molecule has 0 radical (unpaired) electrons. The Hall–Kier alpha value is -1.27. The molecule has 1 aromatic rings. The van der Waals surface area contributed by atoms with Gasteiger partial charge in [-0.3, -0.25) is 9.36 Å². The van der Waals surface area contributed by atoms with E-state index >= 15 is 0 Å². The molecule has 0 aliphatic rings. The molecule has 0 spiro atoms. The van der Waals surface area contributed by atoms with Gasteiger partial charge in [0.25, 0.3) is 0 Å². The van der Waals surface area contributed by atoms with Gasteiger partial charge in [0.2, 0.25) is 5.91 Å². The molecule has 0 N–H and O–H groups in total. The standard InChI is InChI=1S/C7H5ClN2O/c8-4-7(11)10-3-1-2-6(10)5-9/h1-3H,4H2. The molecule has 3 nitrogen and oxygen atoms in total. The lowest BCUT2D eigenvalue weighted by Gasteiger charge is -1.96. The van der Waals surface area contributed by atoms with E-state index in [1.807, 2.05) is 6.07 Å². The quantitative estimate of drug-likeness (QED) is 0.593. The number of hydrogen-bond donors (Lipinski definition) is 0. The van der Waals surface area contributed by atoms with Crippen LogP contribution in [-0.2, 0) is 0 Å². The Morgan fingerprint density at radius 1 is 1.82 bits per heavy atom. The molecule has 0 aliphatic heterocycles. The zero-order chi connectivity index (χ0) is 8.27. The van der Waals surface area contributed by atoms with Gasteiger partial charge in [-0.2, -0.15) is 5.26 Å². The second-order valence-corrected chi connectivity index (χ2v) is 2.17. The smallest absolute Gasteiger partial charge is 0.246 e. The lowest BCUT2D eigenvalue weighted by molar-refractivity contribution is 0.0939. The first-order chi connectivity index (χ1) is 5.29. The van der Waals surface area contributed by atoms with Gasteiger partial charge in [-0.1, -0.05) is 0 Å². The van der Waals surface area contributed by atoms with Gasteiger partial charge in [-0.05, 0) is 12.1 Å². The number of halogens is 1. The second kappa shape index (κ2) is 3.22.